The van der Waals surface area contributed by atoms with Crippen LogP contribution in [0.2, 0.25) is 0 Å². The molecule has 13 heavy (non-hydrogen) atoms. The maximum atomic E-state index is 10.8. The van der Waals surface area contributed by atoms with Gasteiger partial charge in [0.1, 0.15) is 0 Å². The Bertz CT molecular complexity index is 176. The Morgan fingerprint density at radius 3 is 2.69 bits per heavy atom. The summed E-state index contributed by atoms with van der Waals surface area (Å²) in [5, 5.41) is 3.14. The topological polar surface area (TPSA) is 41.6 Å². The maximum absolute atomic E-state index is 10.8. The summed E-state index contributed by atoms with van der Waals surface area (Å²) in [6.07, 6.45) is 0. The van der Waals surface area contributed by atoms with E-state index >= 15 is 0 Å². The molecule has 1 N–H and O–H groups in total. The lowest BCUT2D eigenvalue weighted by Crippen LogP contribution is -2.60. The van der Waals surface area contributed by atoms with Crippen molar-refractivity contribution in [2.75, 3.05) is 26.7 Å². The van der Waals surface area contributed by atoms with E-state index in [0.29, 0.717) is 18.6 Å². The van der Waals surface area contributed by atoms with E-state index in [1.54, 1.807) is 0 Å². The van der Waals surface area contributed by atoms with Gasteiger partial charge in [0.15, 0.2) is 0 Å². The highest BCUT2D eigenvalue weighted by molar-refractivity contribution is 5.71. The molecule has 1 rings (SSSR count). The number of likely N-dealkylation sites (tertiary alicyclic amines) is 1. The van der Waals surface area contributed by atoms with Crippen molar-refractivity contribution in [3.63, 3.8) is 0 Å². The molecule has 4 heteroatoms. The zero-order chi connectivity index (χ0) is 9.84. The zero-order valence-electron chi connectivity index (χ0n) is 8.54. The smallest absolute Gasteiger partial charge is 0.319 e. The van der Waals surface area contributed by atoms with Crippen molar-refractivity contribution in [1.82, 2.24) is 10.2 Å². The van der Waals surface area contributed by atoms with Gasteiger partial charge in [-0.3, -0.25) is 9.69 Å². The molecule has 1 fully saturated rings. The van der Waals surface area contributed by atoms with Gasteiger partial charge >= 0.3 is 5.97 Å². The third kappa shape index (κ3) is 2.97. The normalized spacial score (nSPS) is 18.8. The summed E-state index contributed by atoms with van der Waals surface area (Å²) in [4.78, 5) is 13.1. The summed E-state index contributed by atoms with van der Waals surface area (Å²) in [5.41, 5.74) is 0. The van der Waals surface area contributed by atoms with Crippen LogP contribution >= 0.6 is 0 Å². The molecule has 76 valence electrons. The number of carbonyl (C=O) groups excluding carboxylic acids is 1. The van der Waals surface area contributed by atoms with E-state index in [-0.39, 0.29) is 5.97 Å². The predicted octanol–water partition coefficient (Wildman–Crippen LogP) is -0.158. The Morgan fingerprint density at radius 1 is 1.62 bits per heavy atom. The fourth-order valence-corrected chi connectivity index (χ4v) is 1.36. The van der Waals surface area contributed by atoms with Gasteiger partial charge in [-0.25, -0.2) is 0 Å². The molecule has 0 aromatic rings. The molecular weight excluding hydrogens is 168 g/mol. The molecule has 1 aliphatic heterocycles. The minimum atomic E-state index is -0.192. The van der Waals surface area contributed by atoms with Gasteiger partial charge in [0.05, 0.1) is 13.7 Å². The van der Waals surface area contributed by atoms with Crippen molar-refractivity contribution in [2.24, 2.45) is 0 Å². The Kier molecular flexibility index (Phi) is 3.69. The van der Waals surface area contributed by atoms with Crippen LogP contribution < -0.4 is 5.32 Å². The quantitative estimate of drug-likeness (QED) is 0.620. The van der Waals surface area contributed by atoms with E-state index < -0.39 is 0 Å². The molecule has 1 aliphatic rings. The number of ether oxygens (including phenoxy) is 1. The molecule has 0 bridgehead atoms. The van der Waals surface area contributed by atoms with Crippen LogP contribution in [0.4, 0.5) is 0 Å². The first-order chi connectivity index (χ1) is 6.13. The fourth-order valence-electron chi connectivity index (χ4n) is 1.36. The van der Waals surface area contributed by atoms with E-state index in [2.05, 4.69) is 28.8 Å². The number of hydrogen-bond acceptors (Lipinski definition) is 4. The first-order valence-electron chi connectivity index (χ1n) is 4.67. The first kappa shape index (κ1) is 10.5. The highest BCUT2D eigenvalue weighted by Gasteiger charge is 2.28. The largest absolute Gasteiger partial charge is 0.468 e. The molecule has 0 saturated carbocycles. The number of esters is 1. The molecule has 4 nitrogen and oxygen atoms in total. The van der Waals surface area contributed by atoms with E-state index in [1.165, 1.54) is 7.11 Å². The van der Waals surface area contributed by atoms with Gasteiger partial charge in [-0.15, -0.1) is 0 Å². The highest BCUT2D eigenvalue weighted by atomic mass is 16.5. The minimum Gasteiger partial charge on any atom is -0.468 e. The van der Waals surface area contributed by atoms with Crippen LogP contribution in [-0.2, 0) is 9.53 Å². The van der Waals surface area contributed by atoms with Crippen molar-refractivity contribution in [2.45, 2.75) is 25.9 Å². The fraction of sp³-hybridized carbons (Fsp3) is 0.889. The monoisotopic (exact) mass is 186 g/mol. The van der Waals surface area contributed by atoms with Gasteiger partial charge in [-0.05, 0) is 13.8 Å². The Hall–Kier alpha value is -0.610. The second kappa shape index (κ2) is 4.58. The summed E-state index contributed by atoms with van der Waals surface area (Å²) in [6.45, 7) is 6.75. The van der Waals surface area contributed by atoms with Crippen LogP contribution in [-0.4, -0.2) is 49.7 Å². The van der Waals surface area contributed by atoms with Crippen LogP contribution in [0, 0.1) is 0 Å². The van der Waals surface area contributed by atoms with E-state index in [0.717, 1.165) is 13.1 Å². The molecule has 1 heterocycles. The number of methoxy groups -OCH3 is 1. The third-order valence-corrected chi connectivity index (χ3v) is 2.40. The van der Waals surface area contributed by atoms with Gasteiger partial charge in [0.2, 0.25) is 0 Å². The third-order valence-electron chi connectivity index (χ3n) is 2.40. The van der Waals surface area contributed by atoms with Crippen molar-refractivity contribution in [3.8, 4) is 0 Å². The average Bonchev–Trinajstić information content (AvgIpc) is 2.00. The average molecular weight is 186 g/mol. The number of carbonyl (C=O) groups is 1. The van der Waals surface area contributed by atoms with Crippen LogP contribution in [0.3, 0.4) is 0 Å². The standard InChI is InChI=1S/C9H18N2O2/c1-7(2)11-5-8(6-11)10-4-9(12)13-3/h7-8,10H,4-6H2,1-3H3. The molecule has 0 unspecified atom stereocenters. The van der Waals surface area contributed by atoms with Crippen molar-refractivity contribution >= 4 is 5.97 Å². The van der Waals surface area contributed by atoms with Gasteiger partial charge in [0.25, 0.3) is 0 Å². The van der Waals surface area contributed by atoms with Gasteiger partial charge < -0.3 is 10.1 Å². The summed E-state index contributed by atoms with van der Waals surface area (Å²) in [5.74, 6) is -0.192. The number of nitrogens with one attached hydrogen (secondary N) is 1. The molecule has 0 aliphatic carbocycles. The van der Waals surface area contributed by atoms with Crippen LogP contribution in [0.25, 0.3) is 0 Å². The number of rotatable bonds is 4. The van der Waals surface area contributed by atoms with Crippen LogP contribution in [0.5, 0.6) is 0 Å². The summed E-state index contributed by atoms with van der Waals surface area (Å²) in [7, 11) is 1.41. The van der Waals surface area contributed by atoms with Crippen LogP contribution in [0.1, 0.15) is 13.8 Å². The second-order valence-electron chi connectivity index (χ2n) is 3.70. The lowest BCUT2D eigenvalue weighted by Gasteiger charge is -2.42. The molecular formula is C9H18N2O2. The van der Waals surface area contributed by atoms with Crippen molar-refractivity contribution in [3.05, 3.63) is 0 Å². The van der Waals surface area contributed by atoms with Gasteiger partial charge in [0, 0.05) is 25.2 Å². The van der Waals surface area contributed by atoms with Gasteiger partial charge in [-0.1, -0.05) is 0 Å². The molecule has 0 aromatic heterocycles. The van der Waals surface area contributed by atoms with E-state index in [4.69, 9.17) is 0 Å². The summed E-state index contributed by atoms with van der Waals surface area (Å²) in [6, 6.07) is 1.07. The molecule has 0 atom stereocenters. The molecule has 0 aromatic carbocycles. The number of hydrogen-bond donors (Lipinski definition) is 1. The molecule has 1 saturated heterocycles. The minimum absolute atomic E-state index is 0.192. The Labute approximate surface area is 79.2 Å². The maximum Gasteiger partial charge on any atom is 0.319 e. The highest BCUT2D eigenvalue weighted by Crippen LogP contribution is 2.10. The SMILES string of the molecule is COC(=O)CNC1CN(C(C)C)C1. The van der Waals surface area contributed by atoms with Crippen molar-refractivity contribution < 1.29 is 9.53 Å². The van der Waals surface area contributed by atoms with Gasteiger partial charge in [-0.2, -0.15) is 0 Å². The zero-order valence-corrected chi connectivity index (χ0v) is 8.54. The van der Waals surface area contributed by atoms with Crippen LogP contribution in [0.15, 0.2) is 0 Å². The first-order valence-corrected chi connectivity index (χ1v) is 4.67. The Morgan fingerprint density at radius 2 is 2.23 bits per heavy atom. The molecule has 0 radical (unpaired) electrons. The predicted molar refractivity (Wildman–Crippen MR) is 50.5 cm³/mol. The lowest BCUT2D eigenvalue weighted by molar-refractivity contribution is -0.139. The summed E-state index contributed by atoms with van der Waals surface area (Å²) >= 11 is 0. The van der Waals surface area contributed by atoms with Crippen molar-refractivity contribution in [1.29, 1.82) is 0 Å². The molecule has 0 spiro atoms. The summed E-state index contributed by atoms with van der Waals surface area (Å²) < 4.78 is 4.53. The second-order valence-corrected chi connectivity index (χ2v) is 3.70. The molecule has 0 amide bonds. The lowest BCUT2D eigenvalue weighted by atomic mass is 10.1. The number of nitrogens with zero attached hydrogens (tertiary/aromatic N) is 1. The Balaban J connectivity index is 2.05. The van der Waals surface area contributed by atoms with E-state index in [1.807, 2.05) is 0 Å². The van der Waals surface area contributed by atoms with E-state index in [9.17, 15) is 4.79 Å².